The standard InChI is InChI=1S/C13H13Cl2NO4/c1-7-4-10(9(15)5-8(7)14)16-11(13(18)20-3)6-12(17)19-2/h4-6,16H,1-3H3/b11-6+. The Labute approximate surface area is 126 Å². The molecular formula is C13H13Cl2NO4. The van der Waals surface area contributed by atoms with E-state index in [9.17, 15) is 9.59 Å². The summed E-state index contributed by atoms with van der Waals surface area (Å²) in [6.07, 6.45) is 0.978. The number of ether oxygens (including phenoxy) is 2. The van der Waals surface area contributed by atoms with Crippen LogP contribution < -0.4 is 5.32 Å². The third-order valence-electron chi connectivity index (χ3n) is 2.39. The van der Waals surface area contributed by atoms with Crippen molar-refractivity contribution < 1.29 is 19.1 Å². The summed E-state index contributed by atoms with van der Waals surface area (Å²) in [5, 5.41) is 3.53. The average Bonchev–Trinajstić information content (AvgIpc) is 2.42. The van der Waals surface area contributed by atoms with Gasteiger partial charge in [0.05, 0.1) is 31.0 Å². The lowest BCUT2D eigenvalue weighted by Crippen LogP contribution is -2.15. The minimum absolute atomic E-state index is 0.0945. The number of methoxy groups -OCH3 is 2. The van der Waals surface area contributed by atoms with Crippen LogP contribution in [-0.4, -0.2) is 26.2 Å². The predicted molar refractivity (Wildman–Crippen MR) is 76.9 cm³/mol. The van der Waals surface area contributed by atoms with Gasteiger partial charge in [-0.3, -0.25) is 0 Å². The molecule has 5 nitrogen and oxygen atoms in total. The van der Waals surface area contributed by atoms with Crippen LogP contribution in [-0.2, 0) is 19.1 Å². The maximum atomic E-state index is 11.6. The molecule has 0 unspecified atom stereocenters. The number of esters is 2. The van der Waals surface area contributed by atoms with Gasteiger partial charge in [-0.25, -0.2) is 9.59 Å². The topological polar surface area (TPSA) is 64.6 Å². The molecule has 0 amide bonds. The zero-order valence-electron chi connectivity index (χ0n) is 11.1. The van der Waals surface area contributed by atoms with Gasteiger partial charge in [0.1, 0.15) is 5.70 Å². The molecule has 1 aromatic carbocycles. The monoisotopic (exact) mass is 317 g/mol. The second-order valence-electron chi connectivity index (χ2n) is 3.78. The predicted octanol–water partition coefficient (Wildman–Crippen LogP) is 2.94. The molecule has 1 rings (SSSR count). The van der Waals surface area contributed by atoms with E-state index in [2.05, 4.69) is 14.8 Å². The van der Waals surface area contributed by atoms with E-state index in [0.29, 0.717) is 15.7 Å². The Morgan fingerprint density at radius 2 is 1.80 bits per heavy atom. The SMILES string of the molecule is COC(=O)/C=C(/Nc1cc(C)c(Cl)cc1Cl)C(=O)OC. The molecule has 20 heavy (non-hydrogen) atoms. The zero-order valence-corrected chi connectivity index (χ0v) is 12.6. The van der Waals surface area contributed by atoms with E-state index >= 15 is 0 Å². The summed E-state index contributed by atoms with van der Waals surface area (Å²) in [6.45, 7) is 1.78. The number of rotatable bonds is 4. The number of nitrogens with one attached hydrogen (secondary N) is 1. The van der Waals surface area contributed by atoms with E-state index in [1.165, 1.54) is 20.3 Å². The smallest absolute Gasteiger partial charge is 0.354 e. The molecule has 0 saturated carbocycles. The van der Waals surface area contributed by atoms with Crippen LogP contribution in [0.5, 0.6) is 0 Å². The van der Waals surface area contributed by atoms with Crippen molar-refractivity contribution in [1.82, 2.24) is 0 Å². The number of hydrogen-bond donors (Lipinski definition) is 1. The lowest BCUT2D eigenvalue weighted by atomic mass is 10.2. The highest BCUT2D eigenvalue weighted by Gasteiger charge is 2.15. The molecule has 7 heteroatoms. The number of carbonyl (C=O) groups excluding carboxylic acids is 2. The average molecular weight is 318 g/mol. The van der Waals surface area contributed by atoms with Gasteiger partial charge in [0, 0.05) is 5.02 Å². The van der Waals surface area contributed by atoms with Crippen LogP contribution >= 0.6 is 23.2 Å². The Morgan fingerprint density at radius 1 is 1.15 bits per heavy atom. The molecule has 0 spiro atoms. The van der Waals surface area contributed by atoms with E-state index in [4.69, 9.17) is 23.2 Å². The van der Waals surface area contributed by atoms with Gasteiger partial charge in [0.2, 0.25) is 0 Å². The second kappa shape index (κ2) is 7.17. The molecule has 1 N–H and O–H groups in total. The van der Waals surface area contributed by atoms with Crippen LogP contribution in [0.2, 0.25) is 10.0 Å². The highest BCUT2D eigenvalue weighted by atomic mass is 35.5. The fourth-order valence-corrected chi connectivity index (χ4v) is 1.76. The molecule has 108 valence electrons. The van der Waals surface area contributed by atoms with Crippen molar-refractivity contribution in [1.29, 1.82) is 0 Å². The molecule has 0 saturated heterocycles. The van der Waals surface area contributed by atoms with Gasteiger partial charge in [-0.2, -0.15) is 0 Å². The van der Waals surface area contributed by atoms with Crippen molar-refractivity contribution in [3.05, 3.63) is 39.5 Å². The van der Waals surface area contributed by atoms with Gasteiger partial charge in [-0.1, -0.05) is 23.2 Å². The van der Waals surface area contributed by atoms with Crippen LogP contribution in [0.3, 0.4) is 0 Å². The first-order chi connectivity index (χ1) is 9.38. The summed E-state index contributed by atoms with van der Waals surface area (Å²) in [6, 6.07) is 3.19. The van der Waals surface area contributed by atoms with Crippen molar-refractivity contribution >= 4 is 40.8 Å². The van der Waals surface area contributed by atoms with Gasteiger partial charge in [-0.05, 0) is 24.6 Å². The highest BCUT2D eigenvalue weighted by molar-refractivity contribution is 6.36. The van der Waals surface area contributed by atoms with Gasteiger partial charge < -0.3 is 14.8 Å². The first-order valence-electron chi connectivity index (χ1n) is 5.49. The molecule has 0 aliphatic heterocycles. The normalized spacial score (nSPS) is 10.9. The summed E-state index contributed by atoms with van der Waals surface area (Å²) in [5.74, 6) is -1.42. The minimum atomic E-state index is -0.723. The lowest BCUT2D eigenvalue weighted by molar-refractivity contribution is -0.138. The lowest BCUT2D eigenvalue weighted by Gasteiger charge is -2.12. The Balaban J connectivity index is 3.14. The third kappa shape index (κ3) is 4.15. The Morgan fingerprint density at radius 3 is 2.35 bits per heavy atom. The number of halogens is 2. The summed E-state index contributed by atoms with van der Waals surface area (Å²) in [4.78, 5) is 22.8. The molecule has 0 atom stereocenters. The van der Waals surface area contributed by atoms with Crippen LogP contribution in [0.4, 0.5) is 5.69 Å². The Hall–Kier alpha value is -1.72. The molecule has 1 aromatic rings. The second-order valence-corrected chi connectivity index (χ2v) is 4.59. The van der Waals surface area contributed by atoms with Gasteiger partial charge in [0.15, 0.2) is 0 Å². The number of benzene rings is 1. The van der Waals surface area contributed by atoms with Crippen molar-refractivity contribution in [3.8, 4) is 0 Å². The van der Waals surface area contributed by atoms with E-state index in [-0.39, 0.29) is 5.70 Å². The number of hydrogen-bond acceptors (Lipinski definition) is 5. The van der Waals surface area contributed by atoms with E-state index in [1.807, 2.05) is 0 Å². The molecule has 0 aliphatic carbocycles. The van der Waals surface area contributed by atoms with Gasteiger partial charge >= 0.3 is 11.9 Å². The largest absolute Gasteiger partial charge is 0.466 e. The minimum Gasteiger partial charge on any atom is -0.466 e. The van der Waals surface area contributed by atoms with Crippen molar-refractivity contribution in [2.45, 2.75) is 6.92 Å². The number of aryl methyl sites for hydroxylation is 1. The summed E-state index contributed by atoms with van der Waals surface area (Å²) < 4.78 is 9.05. The molecule has 0 radical (unpaired) electrons. The number of carbonyl (C=O) groups is 2. The van der Waals surface area contributed by atoms with Crippen LogP contribution in [0, 0.1) is 6.92 Å². The summed E-state index contributed by atoms with van der Waals surface area (Å²) in [5.41, 5.74) is 1.10. The maximum absolute atomic E-state index is 11.6. The Bertz CT molecular complexity index is 570. The summed E-state index contributed by atoms with van der Waals surface area (Å²) >= 11 is 11.9. The fourth-order valence-electron chi connectivity index (χ4n) is 1.33. The third-order valence-corrected chi connectivity index (χ3v) is 3.11. The van der Waals surface area contributed by atoms with E-state index in [0.717, 1.165) is 11.6 Å². The van der Waals surface area contributed by atoms with Crippen LogP contribution in [0.25, 0.3) is 0 Å². The summed E-state index contributed by atoms with van der Waals surface area (Å²) in [7, 11) is 2.40. The van der Waals surface area contributed by atoms with Gasteiger partial charge in [0.25, 0.3) is 0 Å². The first-order valence-corrected chi connectivity index (χ1v) is 6.25. The fraction of sp³-hybridized carbons (Fsp3) is 0.231. The van der Waals surface area contributed by atoms with Crippen molar-refractivity contribution in [3.63, 3.8) is 0 Å². The van der Waals surface area contributed by atoms with Crippen LogP contribution in [0.15, 0.2) is 23.9 Å². The van der Waals surface area contributed by atoms with Crippen molar-refractivity contribution in [2.24, 2.45) is 0 Å². The molecule has 0 aliphatic rings. The van der Waals surface area contributed by atoms with E-state index in [1.54, 1.807) is 13.0 Å². The molecular weight excluding hydrogens is 305 g/mol. The maximum Gasteiger partial charge on any atom is 0.354 e. The molecule has 0 bridgehead atoms. The highest BCUT2D eigenvalue weighted by Crippen LogP contribution is 2.29. The quantitative estimate of drug-likeness (QED) is 0.683. The first kappa shape index (κ1) is 16.3. The van der Waals surface area contributed by atoms with Gasteiger partial charge in [-0.15, -0.1) is 0 Å². The molecule has 0 aromatic heterocycles. The zero-order chi connectivity index (χ0) is 15.3. The Kier molecular flexibility index (Phi) is 5.85. The number of anilines is 1. The van der Waals surface area contributed by atoms with Crippen LogP contribution in [0.1, 0.15) is 5.56 Å². The van der Waals surface area contributed by atoms with E-state index < -0.39 is 11.9 Å². The molecule has 0 fully saturated rings. The molecule has 0 heterocycles. The van der Waals surface area contributed by atoms with Crippen molar-refractivity contribution in [2.75, 3.05) is 19.5 Å².